The second-order valence-corrected chi connectivity index (χ2v) is 5.32. The number of hydrogen-bond donors (Lipinski definition) is 1. The summed E-state index contributed by atoms with van der Waals surface area (Å²) in [5.74, 6) is 2.15. The van der Waals surface area contributed by atoms with Crippen molar-refractivity contribution in [3.05, 3.63) is 23.9 Å². The summed E-state index contributed by atoms with van der Waals surface area (Å²) >= 11 is 2.05. The lowest BCUT2D eigenvalue weighted by Crippen LogP contribution is -2.20. The smallest absolute Gasteiger partial charge is 0.126 e. The first-order valence-corrected chi connectivity index (χ1v) is 6.65. The molecule has 2 heterocycles. The van der Waals surface area contributed by atoms with E-state index in [2.05, 4.69) is 16.4 Å². The molecule has 16 heavy (non-hydrogen) atoms. The van der Waals surface area contributed by atoms with E-state index >= 15 is 0 Å². The van der Waals surface area contributed by atoms with Crippen molar-refractivity contribution in [1.29, 1.82) is 5.26 Å². The second kappa shape index (κ2) is 5.76. The molecule has 1 N–H and O–H groups in total. The molecule has 1 aliphatic rings. The summed E-state index contributed by atoms with van der Waals surface area (Å²) in [6.07, 6.45) is 5.61. The molecular formula is C12H15N3S. The molecule has 0 aliphatic carbocycles. The lowest BCUT2D eigenvalue weighted by atomic mass is 10.2. The third-order valence-corrected chi connectivity index (χ3v) is 4.08. The average Bonchev–Trinajstić information content (AvgIpc) is 2.38. The number of rotatable bonds is 3. The molecule has 0 saturated carbocycles. The van der Waals surface area contributed by atoms with Gasteiger partial charge in [0.15, 0.2) is 0 Å². The number of anilines is 1. The predicted octanol–water partition coefficient (Wildman–Crippen LogP) is 2.65. The van der Waals surface area contributed by atoms with E-state index in [0.29, 0.717) is 10.8 Å². The Morgan fingerprint density at radius 1 is 1.50 bits per heavy atom. The van der Waals surface area contributed by atoms with E-state index in [9.17, 15) is 0 Å². The van der Waals surface area contributed by atoms with Crippen LogP contribution in [0.5, 0.6) is 0 Å². The van der Waals surface area contributed by atoms with Gasteiger partial charge in [-0.25, -0.2) is 4.98 Å². The lowest BCUT2D eigenvalue weighted by Gasteiger charge is -2.21. The molecule has 3 nitrogen and oxygen atoms in total. The van der Waals surface area contributed by atoms with Gasteiger partial charge in [0.05, 0.1) is 5.56 Å². The molecule has 1 aromatic rings. The molecule has 1 fully saturated rings. The largest absolute Gasteiger partial charge is 0.369 e. The van der Waals surface area contributed by atoms with Gasteiger partial charge in [-0.15, -0.1) is 0 Å². The number of nitrogens with one attached hydrogen (secondary N) is 1. The van der Waals surface area contributed by atoms with Crippen molar-refractivity contribution in [2.24, 2.45) is 0 Å². The van der Waals surface area contributed by atoms with Gasteiger partial charge in [-0.05, 0) is 30.7 Å². The van der Waals surface area contributed by atoms with Crippen LogP contribution in [0.25, 0.3) is 0 Å². The molecule has 0 aromatic carbocycles. The molecule has 0 bridgehead atoms. The summed E-state index contributed by atoms with van der Waals surface area (Å²) in [5, 5.41) is 12.7. The second-order valence-electron chi connectivity index (χ2n) is 3.91. The Morgan fingerprint density at radius 3 is 3.06 bits per heavy atom. The molecule has 1 atom stereocenters. The average molecular weight is 233 g/mol. The van der Waals surface area contributed by atoms with Gasteiger partial charge in [0, 0.05) is 18.0 Å². The van der Waals surface area contributed by atoms with Crippen LogP contribution in [0.4, 0.5) is 5.82 Å². The van der Waals surface area contributed by atoms with Crippen LogP contribution in [-0.2, 0) is 0 Å². The summed E-state index contributed by atoms with van der Waals surface area (Å²) in [4.78, 5) is 4.19. The first-order valence-electron chi connectivity index (χ1n) is 5.60. The van der Waals surface area contributed by atoms with Crippen LogP contribution in [0, 0.1) is 11.3 Å². The van der Waals surface area contributed by atoms with E-state index in [-0.39, 0.29) is 0 Å². The van der Waals surface area contributed by atoms with E-state index in [1.54, 1.807) is 12.3 Å². The van der Waals surface area contributed by atoms with Crippen LogP contribution >= 0.6 is 11.8 Å². The van der Waals surface area contributed by atoms with E-state index in [1.165, 1.54) is 25.0 Å². The van der Waals surface area contributed by atoms with Gasteiger partial charge in [-0.2, -0.15) is 17.0 Å². The van der Waals surface area contributed by atoms with Crippen LogP contribution in [0.15, 0.2) is 18.3 Å². The Balaban J connectivity index is 1.82. The third-order valence-electron chi connectivity index (χ3n) is 2.68. The van der Waals surface area contributed by atoms with E-state index in [1.807, 2.05) is 17.8 Å². The Hall–Kier alpha value is -1.21. The van der Waals surface area contributed by atoms with E-state index < -0.39 is 0 Å². The van der Waals surface area contributed by atoms with Crippen molar-refractivity contribution in [1.82, 2.24) is 4.98 Å². The maximum Gasteiger partial charge on any atom is 0.126 e. The maximum atomic E-state index is 8.65. The van der Waals surface area contributed by atoms with Gasteiger partial charge < -0.3 is 5.32 Å². The van der Waals surface area contributed by atoms with Crippen molar-refractivity contribution in [2.45, 2.75) is 24.5 Å². The summed E-state index contributed by atoms with van der Waals surface area (Å²) in [6.45, 7) is 0.976. The van der Waals surface area contributed by atoms with Crippen LogP contribution < -0.4 is 5.32 Å². The Morgan fingerprint density at radius 2 is 2.44 bits per heavy atom. The Kier molecular flexibility index (Phi) is 4.06. The van der Waals surface area contributed by atoms with Gasteiger partial charge in [-0.1, -0.05) is 6.42 Å². The number of nitriles is 1. The summed E-state index contributed by atoms with van der Waals surface area (Å²) in [5.41, 5.74) is 0.609. The highest BCUT2D eigenvalue weighted by Crippen LogP contribution is 2.24. The van der Waals surface area contributed by atoms with Gasteiger partial charge in [0.2, 0.25) is 0 Å². The van der Waals surface area contributed by atoms with Crippen molar-refractivity contribution < 1.29 is 0 Å². The maximum absolute atomic E-state index is 8.65. The third kappa shape index (κ3) is 3.14. The minimum Gasteiger partial charge on any atom is -0.369 e. The fourth-order valence-electron chi connectivity index (χ4n) is 1.75. The highest BCUT2D eigenvalue weighted by atomic mass is 32.2. The van der Waals surface area contributed by atoms with E-state index in [4.69, 9.17) is 5.26 Å². The zero-order valence-electron chi connectivity index (χ0n) is 9.15. The SMILES string of the molecule is N#Cc1ccc(NCC2CCCCS2)nc1. The molecule has 1 aliphatic heterocycles. The molecule has 0 spiro atoms. The Bertz CT molecular complexity index is 363. The minimum atomic E-state index is 0.609. The first-order chi connectivity index (χ1) is 7.88. The number of thioether (sulfide) groups is 1. The Labute approximate surface area is 100 Å². The lowest BCUT2D eigenvalue weighted by molar-refractivity contribution is 0.677. The van der Waals surface area contributed by atoms with Crippen LogP contribution in [0.2, 0.25) is 0 Å². The summed E-state index contributed by atoms with van der Waals surface area (Å²) in [6, 6.07) is 5.73. The van der Waals surface area contributed by atoms with Gasteiger partial charge >= 0.3 is 0 Å². The fourth-order valence-corrected chi connectivity index (χ4v) is 2.99. The molecule has 84 valence electrons. The molecule has 1 aromatic heterocycles. The highest BCUT2D eigenvalue weighted by Gasteiger charge is 2.13. The molecule has 1 saturated heterocycles. The number of nitrogens with zero attached hydrogens (tertiary/aromatic N) is 2. The van der Waals surface area contributed by atoms with Crippen LogP contribution in [0.1, 0.15) is 24.8 Å². The molecule has 0 radical (unpaired) electrons. The van der Waals surface area contributed by atoms with Crippen molar-refractivity contribution in [3.63, 3.8) is 0 Å². The van der Waals surface area contributed by atoms with Gasteiger partial charge in [0.25, 0.3) is 0 Å². The van der Waals surface area contributed by atoms with Crippen molar-refractivity contribution in [2.75, 3.05) is 17.6 Å². The highest BCUT2D eigenvalue weighted by molar-refractivity contribution is 7.99. The molecule has 1 unspecified atom stereocenters. The molecule has 0 amide bonds. The van der Waals surface area contributed by atoms with Gasteiger partial charge in [-0.3, -0.25) is 0 Å². The number of aromatic nitrogens is 1. The zero-order valence-corrected chi connectivity index (χ0v) is 9.96. The summed E-state index contributed by atoms with van der Waals surface area (Å²) in [7, 11) is 0. The normalized spacial score (nSPS) is 20.1. The van der Waals surface area contributed by atoms with Crippen molar-refractivity contribution >= 4 is 17.6 Å². The standard InChI is InChI=1S/C12H15N3S/c13-7-10-4-5-12(14-8-10)15-9-11-3-1-2-6-16-11/h4-5,8,11H,1-3,6,9H2,(H,14,15). The molecule has 4 heteroatoms. The minimum absolute atomic E-state index is 0.609. The zero-order chi connectivity index (χ0) is 11.2. The first kappa shape index (κ1) is 11.3. The number of hydrogen-bond acceptors (Lipinski definition) is 4. The van der Waals surface area contributed by atoms with E-state index in [0.717, 1.165) is 12.4 Å². The van der Waals surface area contributed by atoms with Crippen LogP contribution in [-0.4, -0.2) is 22.5 Å². The monoisotopic (exact) mass is 233 g/mol. The van der Waals surface area contributed by atoms with Gasteiger partial charge in [0.1, 0.15) is 11.9 Å². The quantitative estimate of drug-likeness (QED) is 0.872. The number of pyridine rings is 1. The summed E-state index contributed by atoms with van der Waals surface area (Å²) < 4.78 is 0. The van der Waals surface area contributed by atoms with Crippen LogP contribution in [0.3, 0.4) is 0 Å². The van der Waals surface area contributed by atoms with Crippen molar-refractivity contribution in [3.8, 4) is 6.07 Å². The fraction of sp³-hybridized carbons (Fsp3) is 0.500. The topological polar surface area (TPSA) is 48.7 Å². The molecule has 2 rings (SSSR count). The predicted molar refractivity (Wildman–Crippen MR) is 67.5 cm³/mol. The molecular weight excluding hydrogens is 218 g/mol.